The SMILES string of the molecule is CC(C)Cc1ccc(-c2cn([C@H](CNSS)C(F)(F)F)cn2)cc1. The first-order chi connectivity index (χ1) is 11.3. The van der Waals surface area contributed by atoms with Gasteiger partial charge in [-0.3, -0.25) is 4.72 Å². The zero-order valence-electron chi connectivity index (χ0n) is 13.4. The summed E-state index contributed by atoms with van der Waals surface area (Å²) >= 11 is 3.81. The topological polar surface area (TPSA) is 29.9 Å². The molecule has 0 saturated heterocycles. The molecule has 0 fully saturated rings. The molecule has 1 atom stereocenters. The number of thiol groups is 1. The van der Waals surface area contributed by atoms with Crippen molar-refractivity contribution in [3.63, 3.8) is 0 Å². The van der Waals surface area contributed by atoms with Crippen molar-refractivity contribution in [2.24, 2.45) is 5.92 Å². The Morgan fingerprint density at radius 1 is 1.25 bits per heavy atom. The van der Waals surface area contributed by atoms with Crippen LogP contribution in [0.3, 0.4) is 0 Å². The molecule has 0 aliphatic heterocycles. The molecular formula is C16H20F3N3S2. The number of halogens is 3. The Labute approximate surface area is 149 Å². The van der Waals surface area contributed by atoms with E-state index in [0.29, 0.717) is 11.6 Å². The second-order valence-corrected chi connectivity index (χ2v) is 7.02. The normalized spacial score (nSPS) is 13.5. The highest BCUT2D eigenvalue weighted by atomic mass is 33.1. The van der Waals surface area contributed by atoms with E-state index < -0.39 is 12.2 Å². The molecule has 1 aromatic carbocycles. The highest BCUT2D eigenvalue weighted by molar-refractivity contribution is 8.67. The van der Waals surface area contributed by atoms with Gasteiger partial charge >= 0.3 is 6.18 Å². The van der Waals surface area contributed by atoms with Crippen molar-refractivity contribution in [2.75, 3.05) is 6.54 Å². The summed E-state index contributed by atoms with van der Waals surface area (Å²) in [5.41, 5.74) is 2.54. The third-order valence-electron chi connectivity index (χ3n) is 3.57. The van der Waals surface area contributed by atoms with Crippen molar-refractivity contribution in [3.05, 3.63) is 42.4 Å². The van der Waals surface area contributed by atoms with Crippen LogP contribution in [0.2, 0.25) is 0 Å². The van der Waals surface area contributed by atoms with Crippen LogP contribution in [0, 0.1) is 5.92 Å². The largest absolute Gasteiger partial charge is 0.410 e. The van der Waals surface area contributed by atoms with Crippen molar-refractivity contribution in [2.45, 2.75) is 32.5 Å². The number of imidazole rings is 1. The Kier molecular flexibility index (Phi) is 6.65. The van der Waals surface area contributed by atoms with Crippen molar-refractivity contribution >= 4 is 22.6 Å². The first-order valence-electron chi connectivity index (χ1n) is 7.54. The minimum atomic E-state index is -4.37. The smallest absolute Gasteiger partial charge is 0.323 e. The van der Waals surface area contributed by atoms with E-state index in [0.717, 1.165) is 27.5 Å². The Balaban J connectivity index is 2.19. The predicted octanol–water partition coefficient (Wildman–Crippen LogP) is 4.93. The summed E-state index contributed by atoms with van der Waals surface area (Å²) in [4.78, 5) is 4.13. The highest BCUT2D eigenvalue weighted by Gasteiger charge is 2.40. The fourth-order valence-corrected chi connectivity index (χ4v) is 2.90. The van der Waals surface area contributed by atoms with Gasteiger partial charge in [-0.25, -0.2) is 4.98 Å². The molecule has 1 heterocycles. The van der Waals surface area contributed by atoms with E-state index in [1.165, 1.54) is 18.1 Å². The number of alkyl halides is 3. The number of benzene rings is 1. The average Bonchev–Trinajstić information content (AvgIpc) is 2.96. The van der Waals surface area contributed by atoms with E-state index >= 15 is 0 Å². The molecule has 0 amide bonds. The number of hydrogen-bond acceptors (Lipinski definition) is 4. The van der Waals surface area contributed by atoms with Gasteiger partial charge in [-0.2, -0.15) is 13.2 Å². The second kappa shape index (κ2) is 8.31. The lowest BCUT2D eigenvalue weighted by Crippen LogP contribution is -2.32. The average molecular weight is 375 g/mol. The first-order valence-corrected chi connectivity index (χ1v) is 9.41. The van der Waals surface area contributed by atoms with Crippen molar-refractivity contribution < 1.29 is 13.2 Å². The summed E-state index contributed by atoms with van der Waals surface area (Å²) in [6, 6.07) is 6.10. The summed E-state index contributed by atoms with van der Waals surface area (Å²) in [5, 5.41) is 0. The van der Waals surface area contributed by atoms with Crippen molar-refractivity contribution in [1.82, 2.24) is 14.3 Å². The van der Waals surface area contributed by atoms with E-state index in [2.05, 4.69) is 35.2 Å². The summed E-state index contributed by atoms with van der Waals surface area (Å²) in [6.45, 7) is 4.01. The van der Waals surface area contributed by atoms with Gasteiger partial charge in [-0.1, -0.05) is 49.8 Å². The molecule has 2 rings (SSSR count). The Hall–Kier alpha value is -1.12. The molecule has 1 aromatic heterocycles. The molecule has 8 heteroatoms. The summed E-state index contributed by atoms with van der Waals surface area (Å²) in [7, 11) is 0.861. The molecule has 0 radical (unpaired) electrons. The number of hydrogen-bond donors (Lipinski definition) is 2. The Morgan fingerprint density at radius 3 is 2.46 bits per heavy atom. The fourth-order valence-electron chi connectivity index (χ4n) is 2.45. The lowest BCUT2D eigenvalue weighted by molar-refractivity contribution is -0.165. The minimum Gasteiger partial charge on any atom is -0.323 e. The van der Waals surface area contributed by atoms with E-state index in [1.54, 1.807) is 0 Å². The van der Waals surface area contributed by atoms with Gasteiger partial charge in [0.1, 0.15) is 6.04 Å². The summed E-state index contributed by atoms with van der Waals surface area (Å²) < 4.78 is 43.2. The van der Waals surface area contributed by atoms with E-state index in [4.69, 9.17) is 0 Å². The van der Waals surface area contributed by atoms with Gasteiger partial charge in [0.05, 0.1) is 12.0 Å². The van der Waals surface area contributed by atoms with Gasteiger partial charge in [0.15, 0.2) is 0 Å². The maximum Gasteiger partial charge on any atom is 0.410 e. The molecule has 0 saturated carbocycles. The van der Waals surface area contributed by atoms with Crippen LogP contribution in [-0.4, -0.2) is 22.3 Å². The van der Waals surface area contributed by atoms with Crippen LogP contribution in [0.15, 0.2) is 36.8 Å². The van der Waals surface area contributed by atoms with Gasteiger partial charge in [0.25, 0.3) is 0 Å². The lowest BCUT2D eigenvalue weighted by atomic mass is 10.0. The third-order valence-corrected chi connectivity index (χ3v) is 4.26. The molecule has 3 nitrogen and oxygen atoms in total. The van der Waals surface area contributed by atoms with Gasteiger partial charge in [0, 0.05) is 18.3 Å². The van der Waals surface area contributed by atoms with Crippen LogP contribution in [0.25, 0.3) is 11.3 Å². The molecule has 1 N–H and O–H groups in total. The number of rotatable bonds is 7. The monoisotopic (exact) mass is 375 g/mol. The fraction of sp³-hybridized carbons (Fsp3) is 0.438. The number of nitrogens with one attached hydrogen (secondary N) is 1. The Morgan fingerprint density at radius 2 is 1.92 bits per heavy atom. The number of aromatic nitrogens is 2. The molecule has 0 bridgehead atoms. The molecule has 0 aliphatic rings. The standard InChI is InChI=1S/C16H20F3N3S2/c1-11(2)7-12-3-5-13(6-4-12)14-9-22(10-20-14)15(8-21-24-23)16(17,18)19/h3-6,9-11,15,21,23H,7-8H2,1-2H3/t15-/m1/s1. The van der Waals surface area contributed by atoms with Gasteiger partial charge in [0.2, 0.25) is 0 Å². The maximum atomic E-state index is 13.2. The van der Waals surface area contributed by atoms with E-state index in [1.807, 2.05) is 24.3 Å². The van der Waals surface area contributed by atoms with Crippen molar-refractivity contribution in [1.29, 1.82) is 0 Å². The summed E-state index contributed by atoms with van der Waals surface area (Å²) in [5.74, 6) is 0.555. The minimum absolute atomic E-state index is 0.277. The van der Waals surface area contributed by atoms with Crippen LogP contribution in [0.5, 0.6) is 0 Å². The van der Waals surface area contributed by atoms with E-state index in [-0.39, 0.29) is 6.54 Å². The zero-order valence-corrected chi connectivity index (χ0v) is 15.1. The maximum absolute atomic E-state index is 13.2. The lowest BCUT2D eigenvalue weighted by Gasteiger charge is -2.21. The van der Waals surface area contributed by atoms with Crippen LogP contribution >= 0.6 is 22.6 Å². The predicted molar refractivity (Wildman–Crippen MR) is 95.9 cm³/mol. The molecule has 2 aromatic rings. The highest BCUT2D eigenvalue weighted by Crippen LogP contribution is 2.31. The zero-order chi connectivity index (χ0) is 17.7. The summed E-state index contributed by atoms with van der Waals surface area (Å²) in [6.07, 6.45) is -0.742. The molecule has 0 spiro atoms. The van der Waals surface area contributed by atoms with E-state index in [9.17, 15) is 13.2 Å². The third kappa shape index (κ3) is 5.19. The molecular weight excluding hydrogens is 355 g/mol. The van der Waals surface area contributed by atoms with Gasteiger partial charge < -0.3 is 4.57 Å². The Bertz CT molecular complexity index is 639. The molecule has 132 valence electrons. The van der Waals surface area contributed by atoms with Crippen LogP contribution in [0.1, 0.15) is 25.5 Å². The second-order valence-electron chi connectivity index (χ2n) is 6.00. The number of nitrogens with zero attached hydrogens (tertiary/aromatic N) is 2. The molecule has 0 aliphatic carbocycles. The van der Waals surface area contributed by atoms with Crippen LogP contribution in [-0.2, 0) is 6.42 Å². The van der Waals surface area contributed by atoms with Gasteiger partial charge in [-0.15, -0.1) is 0 Å². The first kappa shape index (κ1) is 19.2. The quantitative estimate of drug-likeness (QED) is 0.408. The van der Waals surface area contributed by atoms with Gasteiger partial charge in [-0.05, 0) is 28.9 Å². The molecule has 24 heavy (non-hydrogen) atoms. The van der Waals surface area contributed by atoms with Crippen molar-refractivity contribution in [3.8, 4) is 11.3 Å². The van der Waals surface area contributed by atoms with Crippen LogP contribution in [0.4, 0.5) is 13.2 Å². The van der Waals surface area contributed by atoms with Crippen LogP contribution < -0.4 is 4.72 Å². The molecule has 0 unspecified atom stereocenters.